The van der Waals surface area contributed by atoms with Crippen LogP contribution in [0.3, 0.4) is 0 Å². The molecule has 0 atom stereocenters. The summed E-state index contributed by atoms with van der Waals surface area (Å²) in [6.07, 6.45) is 0.0389. The molecule has 0 aliphatic carbocycles. The van der Waals surface area contributed by atoms with E-state index in [-0.39, 0.29) is 17.9 Å². The third kappa shape index (κ3) is 4.59. The van der Waals surface area contributed by atoms with Crippen LogP contribution in [-0.2, 0) is 0 Å². The van der Waals surface area contributed by atoms with Crippen LogP contribution in [0.2, 0.25) is 0 Å². The van der Waals surface area contributed by atoms with Gasteiger partial charge in [0.25, 0.3) is 11.8 Å². The minimum absolute atomic E-state index is 0.0389. The van der Waals surface area contributed by atoms with E-state index in [4.69, 9.17) is 4.74 Å². The van der Waals surface area contributed by atoms with E-state index in [9.17, 15) is 9.59 Å². The van der Waals surface area contributed by atoms with E-state index in [2.05, 4.69) is 5.32 Å². The average molecular weight is 326 g/mol. The molecule has 2 aromatic carbocycles. The Labute approximate surface area is 142 Å². The number of nitrogens with one attached hydrogen (secondary N) is 1. The van der Waals surface area contributed by atoms with Gasteiger partial charge in [-0.1, -0.05) is 12.1 Å². The molecule has 2 aromatic rings. The van der Waals surface area contributed by atoms with Crippen LogP contribution in [0, 0.1) is 0 Å². The molecule has 0 bridgehead atoms. The van der Waals surface area contributed by atoms with Gasteiger partial charge in [0, 0.05) is 30.9 Å². The van der Waals surface area contributed by atoms with Crippen molar-refractivity contribution in [3.63, 3.8) is 0 Å². The van der Waals surface area contributed by atoms with E-state index in [0.717, 1.165) is 0 Å². The van der Waals surface area contributed by atoms with Crippen LogP contribution >= 0.6 is 0 Å². The Kier molecular flexibility index (Phi) is 5.58. The Hall–Kier alpha value is -2.82. The van der Waals surface area contributed by atoms with Crippen molar-refractivity contribution in [1.29, 1.82) is 0 Å². The van der Waals surface area contributed by atoms with Crippen LogP contribution in [-0.4, -0.2) is 36.9 Å². The van der Waals surface area contributed by atoms with Crippen LogP contribution < -0.4 is 10.1 Å². The molecule has 2 amide bonds. The number of hydrogen-bond acceptors (Lipinski definition) is 3. The number of benzene rings is 2. The summed E-state index contributed by atoms with van der Waals surface area (Å²) in [4.78, 5) is 25.9. The average Bonchev–Trinajstić information content (AvgIpc) is 2.54. The fraction of sp³-hybridized carbons (Fsp3) is 0.263. The largest absolute Gasteiger partial charge is 0.491 e. The number of rotatable bonds is 5. The van der Waals surface area contributed by atoms with Crippen molar-refractivity contribution >= 4 is 17.5 Å². The smallest absolute Gasteiger partial charge is 0.255 e. The minimum atomic E-state index is -0.251. The third-order valence-electron chi connectivity index (χ3n) is 3.24. The molecule has 1 N–H and O–H groups in total. The Morgan fingerprint density at radius 1 is 1.00 bits per heavy atom. The van der Waals surface area contributed by atoms with E-state index in [1.807, 2.05) is 19.9 Å². The van der Waals surface area contributed by atoms with Gasteiger partial charge in [0.1, 0.15) is 5.75 Å². The van der Waals surface area contributed by atoms with Crippen molar-refractivity contribution in [3.05, 3.63) is 59.7 Å². The second-order valence-corrected chi connectivity index (χ2v) is 5.93. The normalized spacial score (nSPS) is 10.4. The summed E-state index contributed by atoms with van der Waals surface area (Å²) < 4.78 is 5.60. The standard InChI is InChI=1S/C19H22N2O3/c1-13(2)24-17-10-6-7-14(12-17)18(22)20-16-9-5-8-15(11-16)19(23)21(3)4/h5-13H,1-4H3,(H,20,22). The van der Waals surface area contributed by atoms with Gasteiger partial charge in [0.2, 0.25) is 0 Å². The fourth-order valence-electron chi connectivity index (χ4n) is 2.17. The van der Waals surface area contributed by atoms with E-state index < -0.39 is 0 Å². The highest BCUT2D eigenvalue weighted by atomic mass is 16.5. The molecule has 5 heteroatoms. The first-order valence-electron chi connectivity index (χ1n) is 7.76. The molecule has 126 valence electrons. The zero-order valence-corrected chi connectivity index (χ0v) is 14.4. The Bertz CT molecular complexity index is 739. The van der Waals surface area contributed by atoms with E-state index in [0.29, 0.717) is 22.6 Å². The molecular formula is C19H22N2O3. The number of nitrogens with zero attached hydrogens (tertiary/aromatic N) is 1. The van der Waals surface area contributed by atoms with Crippen LogP contribution in [0.4, 0.5) is 5.69 Å². The number of hydrogen-bond donors (Lipinski definition) is 1. The summed E-state index contributed by atoms with van der Waals surface area (Å²) in [6.45, 7) is 3.86. The molecule has 2 rings (SSSR count). The lowest BCUT2D eigenvalue weighted by molar-refractivity contribution is 0.0827. The molecule has 0 radical (unpaired) electrons. The van der Waals surface area contributed by atoms with Gasteiger partial charge < -0.3 is 15.0 Å². The summed E-state index contributed by atoms with van der Waals surface area (Å²) in [5.74, 6) is 0.284. The molecule has 0 saturated heterocycles. The first-order valence-corrected chi connectivity index (χ1v) is 7.76. The first kappa shape index (κ1) is 17.5. The number of carbonyl (C=O) groups excluding carboxylic acids is 2. The van der Waals surface area contributed by atoms with Crippen molar-refractivity contribution in [1.82, 2.24) is 4.90 Å². The highest BCUT2D eigenvalue weighted by molar-refractivity contribution is 6.05. The maximum Gasteiger partial charge on any atom is 0.255 e. The molecule has 0 aromatic heterocycles. The van der Waals surface area contributed by atoms with Crippen molar-refractivity contribution in [3.8, 4) is 5.75 Å². The molecular weight excluding hydrogens is 304 g/mol. The summed E-state index contributed by atoms with van der Waals surface area (Å²) in [5.41, 5.74) is 1.59. The van der Waals surface area contributed by atoms with Gasteiger partial charge in [-0.05, 0) is 50.2 Å². The van der Waals surface area contributed by atoms with Gasteiger partial charge in [-0.15, -0.1) is 0 Å². The maximum atomic E-state index is 12.4. The fourth-order valence-corrected chi connectivity index (χ4v) is 2.17. The lowest BCUT2D eigenvalue weighted by atomic mass is 10.1. The zero-order valence-electron chi connectivity index (χ0n) is 14.4. The number of anilines is 1. The first-order chi connectivity index (χ1) is 11.4. The summed E-state index contributed by atoms with van der Waals surface area (Å²) >= 11 is 0. The Balaban J connectivity index is 2.15. The summed E-state index contributed by atoms with van der Waals surface area (Å²) in [7, 11) is 3.38. The second-order valence-electron chi connectivity index (χ2n) is 5.93. The molecule has 0 spiro atoms. The highest BCUT2D eigenvalue weighted by Gasteiger charge is 2.11. The van der Waals surface area contributed by atoms with Crippen LogP contribution in [0.5, 0.6) is 5.75 Å². The molecule has 0 aliphatic rings. The monoisotopic (exact) mass is 326 g/mol. The SMILES string of the molecule is CC(C)Oc1cccc(C(=O)Nc2cccc(C(=O)N(C)C)c2)c1. The predicted molar refractivity (Wildman–Crippen MR) is 94.6 cm³/mol. The summed E-state index contributed by atoms with van der Waals surface area (Å²) in [6, 6.07) is 13.9. The van der Waals surface area contributed by atoms with Crippen molar-refractivity contribution in [2.24, 2.45) is 0 Å². The van der Waals surface area contributed by atoms with Gasteiger partial charge in [0.05, 0.1) is 6.10 Å². The van der Waals surface area contributed by atoms with Crippen molar-refractivity contribution in [2.75, 3.05) is 19.4 Å². The number of carbonyl (C=O) groups is 2. The molecule has 5 nitrogen and oxygen atoms in total. The Morgan fingerprint density at radius 3 is 2.33 bits per heavy atom. The predicted octanol–water partition coefficient (Wildman–Crippen LogP) is 3.43. The molecule has 0 saturated carbocycles. The topological polar surface area (TPSA) is 58.6 Å². The van der Waals surface area contributed by atoms with E-state index in [1.165, 1.54) is 4.90 Å². The van der Waals surface area contributed by atoms with Gasteiger partial charge >= 0.3 is 0 Å². The zero-order chi connectivity index (χ0) is 17.7. The number of amides is 2. The molecule has 24 heavy (non-hydrogen) atoms. The molecule has 0 aliphatic heterocycles. The van der Waals surface area contributed by atoms with Crippen LogP contribution in [0.25, 0.3) is 0 Å². The van der Waals surface area contributed by atoms with E-state index >= 15 is 0 Å². The van der Waals surface area contributed by atoms with Crippen molar-refractivity contribution in [2.45, 2.75) is 20.0 Å². The van der Waals surface area contributed by atoms with Gasteiger partial charge in [-0.3, -0.25) is 9.59 Å². The third-order valence-corrected chi connectivity index (χ3v) is 3.24. The maximum absolute atomic E-state index is 12.4. The van der Waals surface area contributed by atoms with Crippen molar-refractivity contribution < 1.29 is 14.3 Å². The lowest BCUT2D eigenvalue weighted by Gasteiger charge is -2.13. The highest BCUT2D eigenvalue weighted by Crippen LogP contribution is 2.17. The molecule has 0 heterocycles. The molecule has 0 fully saturated rings. The minimum Gasteiger partial charge on any atom is -0.491 e. The quantitative estimate of drug-likeness (QED) is 0.916. The van der Waals surface area contributed by atoms with E-state index in [1.54, 1.807) is 56.6 Å². The van der Waals surface area contributed by atoms with Crippen LogP contribution in [0.15, 0.2) is 48.5 Å². The van der Waals surface area contributed by atoms with Crippen LogP contribution in [0.1, 0.15) is 34.6 Å². The summed E-state index contributed by atoms with van der Waals surface area (Å²) in [5, 5.41) is 2.81. The lowest BCUT2D eigenvalue weighted by Crippen LogP contribution is -2.22. The second kappa shape index (κ2) is 7.64. The molecule has 0 unspecified atom stereocenters. The Morgan fingerprint density at radius 2 is 1.67 bits per heavy atom. The van der Waals surface area contributed by atoms with Gasteiger partial charge in [0.15, 0.2) is 0 Å². The van der Waals surface area contributed by atoms with Gasteiger partial charge in [-0.25, -0.2) is 0 Å². The number of ether oxygens (including phenoxy) is 1. The van der Waals surface area contributed by atoms with Gasteiger partial charge in [-0.2, -0.15) is 0 Å².